The van der Waals surface area contributed by atoms with Gasteiger partial charge in [0.25, 0.3) is 0 Å². The molecule has 2 rings (SSSR count). The first-order chi connectivity index (χ1) is 6.22. The molecule has 0 bridgehead atoms. The predicted molar refractivity (Wildman–Crippen MR) is 74.9 cm³/mol. The Labute approximate surface area is 111 Å². The first kappa shape index (κ1) is 10.4. The maximum Gasteiger partial charge on any atom is 0.0496 e. The highest BCUT2D eigenvalue weighted by molar-refractivity contribution is 14.1. The molecule has 1 aromatic heterocycles. The van der Waals surface area contributed by atoms with Crippen LogP contribution in [0.25, 0.3) is 10.1 Å². The fourth-order valence-corrected chi connectivity index (χ4v) is 4.12. The minimum Gasteiger partial charge on any atom is -0.141 e. The molecule has 0 nitrogen and oxygen atoms in total. The molecule has 0 aliphatic heterocycles. The van der Waals surface area contributed by atoms with Crippen LogP contribution in [0.2, 0.25) is 0 Å². The fraction of sp³-hybridized carbons (Fsp3) is 0.111. The summed E-state index contributed by atoms with van der Waals surface area (Å²) in [6, 6.07) is 4.41. The van der Waals surface area contributed by atoms with E-state index in [9.17, 15) is 0 Å². The second-order valence-corrected chi connectivity index (χ2v) is 6.13. The Bertz CT molecular complexity index is 450. The lowest BCUT2D eigenvalue weighted by molar-refractivity contribution is 1.46. The van der Waals surface area contributed by atoms with Gasteiger partial charge < -0.3 is 0 Å². The van der Waals surface area contributed by atoms with Gasteiger partial charge in [0.05, 0.1) is 0 Å². The topological polar surface area (TPSA) is 0 Å². The summed E-state index contributed by atoms with van der Waals surface area (Å²) < 4.78 is 3.88. The molecule has 0 aliphatic rings. The van der Waals surface area contributed by atoms with E-state index in [-0.39, 0.29) is 0 Å². The van der Waals surface area contributed by atoms with Crippen LogP contribution >= 0.6 is 65.8 Å². The average molecular weight is 432 g/mol. The third-order valence-corrected chi connectivity index (χ3v) is 5.67. The molecular weight excluding hydrogens is 427 g/mol. The SMILES string of the molecule is BrCc1cc(Br)c2scc(I)c2c1. The summed E-state index contributed by atoms with van der Waals surface area (Å²) in [6.07, 6.45) is 0. The standard InChI is InChI=1S/C9H5Br2IS/c10-3-5-1-6-8(12)4-13-9(6)7(11)2-5/h1-2,4H,3H2. The molecule has 0 saturated carbocycles. The summed E-state index contributed by atoms with van der Waals surface area (Å²) in [5.74, 6) is 0. The number of fused-ring (bicyclic) bond motifs is 1. The Kier molecular flexibility index (Phi) is 3.33. The second kappa shape index (κ2) is 4.16. The van der Waals surface area contributed by atoms with E-state index in [2.05, 4.69) is 72.0 Å². The fourth-order valence-electron chi connectivity index (χ4n) is 1.20. The van der Waals surface area contributed by atoms with E-state index in [1.807, 2.05) is 0 Å². The van der Waals surface area contributed by atoms with Crippen molar-refractivity contribution < 1.29 is 0 Å². The monoisotopic (exact) mass is 430 g/mol. The zero-order valence-electron chi connectivity index (χ0n) is 6.48. The number of rotatable bonds is 1. The lowest BCUT2D eigenvalue weighted by atomic mass is 10.2. The molecule has 0 N–H and O–H groups in total. The Morgan fingerprint density at radius 1 is 1.38 bits per heavy atom. The molecule has 0 atom stereocenters. The third kappa shape index (κ3) is 1.96. The molecule has 0 unspecified atom stereocenters. The van der Waals surface area contributed by atoms with Crippen molar-refractivity contribution in [2.45, 2.75) is 5.33 Å². The second-order valence-electron chi connectivity index (χ2n) is 2.67. The lowest BCUT2D eigenvalue weighted by Gasteiger charge is -1.99. The van der Waals surface area contributed by atoms with E-state index < -0.39 is 0 Å². The highest BCUT2D eigenvalue weighted by Gasteiger charge is 2.06. The first-order valence-corrected chi connectivity index (χ1v) is 7.50. The minimum absolute atomic E-state index is 0.910. The number of halogens is 3. The molecule has 68 valence electrons. The quantitative estimate of drug-likeness (QED) is 0.432. The third-order valence-electron chi connectivity index (χ3n) is 1.80. The van der Waals surface area contributed by atoms with Crippen LogP contribution in [-0.4, -0.2) is 0 Å². The zero-order valence-corrected chi connectivity index (χ0v) is 12.6. The lowest BCUT2D eigenvalue weighted by Crippen LogP contribution is -1.78. The molecular formula is C9H5Br2IS. The highest BCUT2D eigenvalue weighted by Crippen LogP contribution is 2.34. The molecule has 0 spiro atoms. The van der Waals surface area contributed by atoms with Crippen LogP contribution in [0.4, 0.5) is 0 Å². The normalized spacial score (nSPS) is 11.0. The Morgan fingerprint density at radius 3 is 2.85 bits per heavy atom. The summed E-state index contributed by atoms with van der Waals surface area (Å²) >= 11 is 11.2. The van der Waals surface area contributed by atoms with Crippen LogP contribution < -0.4 is 0 Å². The summed E-state index contributed by atoms with van der Waals surface area (Å²) in [4.78, 5) is 0. The predicted octanol–water partition coefficient (Wildman–Crippen LogP) is 5.16. The number of alkyl halides is 1. The van der Waals surface area contributed by atoms with Gasteiger partial charge in [0.2, 0.25) is 0 Å². The van der Waals surface area contributed by atoms with E-state index in [4.69, 9.17) is 0 Å². The van der Waals surface area contributed by atoms with E-state index >= 15 is 0 Å². The van der Waals surface area contributed by atoms with Gasteiger partial charge in [-0.05, 0) is 56.2 Å². The maximum atomic E-state index is 3.59. The largest absolute Gasteiger partial charge is 0.141 e. The van der Waals surface area contributed by atoms with Crippen molar-refractivity contribution in [3.63, 3.8) is 0 Å². The minimum atomic E-state index is 0.910. The van der Waals surface area contributed by atoms with Crippen LogP contribution in [0.5, 0.6) is 0 Å². The molecule has 0 fully saturated rings. The van der Waals surface area contributed by atoms with Crippen molar-refractivity contribution in [3.05, 3.63) is 31.1 Å². The van der Waals surface area contributed by atoms with Crippen molar-refractivity contribution in [3.8, 4) is 0 Å². The van der Waals surface area contributed by atoms with Crippen molar-refractivity contribution in [2.24, 2.45) is 0 Å². The van der Waals surface area contributed by atoms with Gasteiger partial charge in [-0.2, -0.15) is 0 Å². The molecule has 0 saturated heterocycles. The summed E-state index contributed by atoms with van der Waals surface area (Å²) in [7, 11) is 0. The van der Waals surface area contributed by atoms with Gasteiger partial charge in [0.15, 0.2) is 0 Å². The van der Waals surface area contributed by atoms with Crippen LogP contribution in [0.3, 0.4) is 0 Å². The van der Waals surface area contributed by atoms with Crippen LogP contribution in [0, 0.1) is 3.57 Å². The van der Waals surface area contributed by atoms with E-state index in [0.717, 1.165) is 5.33 Å². The van der Waals surface area contributed by atoms with Crippen molar-refractivity contribution >= 4 is 75.9 Å². The molecule has 13 heavy (non-hydrogen) atoms. The van der Waals surface area contributed by atoms with Gasteiger partial charge in [-0.1, -0.05) is 15.9 Å². The molecule has 0 aliphatic carbocycles. The number of thiophene rings is 1. The van der Waals surface area contributed by atoms with E-state index in [0.29, 0.717) is 0 Å². The maximum absolute atomic E-state index is 3.59. The highest BCUT2D eigenvalue weighted by atomic mass is 127. The van der Waals surface area contributed by atoms with Crippen LogP contribution in [-0.2, 0) is 5.33 Å². The van der Waals surface area contributed by atoms with Gasteiger partial charge in [0.1, 0.15) is 0 Å². The molecule has 4 heteroatoms. The molecule has 0 radical (unpaired) electrons. The summed E-state index contributed by atoms with van der Waals surface area (Å²) in [5, 5.41) is 4.45. The van der Waals surface area contributed by atoms with Gasteiger partial charge >= 0.3 is 0 Å². The van der Waals surface area contributed by atoms with Crippen molar-refractivity contribution in [1.82, 2.24) is 0 Å². The number of hydrogen-bond donors (Lipinski definition) is 0. The van der Waals surface area contributed by atoms with Crippen molar-refractivity contribution in [1.29, 1.82) is 0 Å². The molecule has 2 aromatic rings. The number of benzene rings is 1. The summed E-state index contributed by atoms with van der Waals surface area (Å²) in [5.41, 5.74) is 1.32. The van der Waals surface area contributed by atoms with Crippen molar-refractivity contribution in [2.75, 3.05) is 0 Å². The number of hydrogen-bond acceptors (Lipinski definition) is 1. The van der Waals surface area contributed by atoms with Gasteiger partial charge in [-0.15, -0.1) is 11.3 Å². The van der Waals surface area contributed by atoms with Gasteiger partial charge in [-0.3, -0.25) is 0 Å². The Morgan fingerprint density at radius 2 is 2.15 bits per heavy atom. The van der Waals surface area contributed by atoms with E-state index in [1.165, 1.54) is 23.7 Å². The van der Waals surface area contributed by atoms with E-state index in [1.54, 1.807) is 11.3 Å². The van der Waals surface area contributed by atoms with Gasteiger partial charge in [-0.25, -0.2) is 0 Å². The Hall–Kier alpha value is 0.870. The van der Waals surface area contributed by atoms with Crippen LogP contribution in [0.15, 0.2) is 22.0 Å². The molecule has 0 amide bonds. The molecule has 1 aromatic carbocycles. The zero-order chi connectivity index (χ0) is 9.42. The first-order valence-electron chi connectivity index (χ1n) is 3.63. The van der Waals surface area contributed by atoms with Gasteiger partial charge in [0, 0.05) is 28.8 Å². The summed E-state index contributed by atoms with van der Waals surface area (Å²) in [6.45, 7) is 0. The smallest absolute Gasteiger partial charge is 0.0496 e. The molecule has 1 heterocycles. The Balaban J connectivity index is 2.80. The average Bonchev–Trinajstić information content (AvgIpc) is 2.48. The van der Waals surface area contributed by atoms with Crippen LogP contribution in [0.1, 0.15) is 5.56 Å².